The smallest absolute Gasteiger partial charge is 0.273 e. The van der Waals surface area contributed by atoms with Gasteiger partial charge in [0.25, 0.3) is 15.9 Å². The van der Waals surface area contributed by atoms with Crippen LogP contribution in [-0.4, -0.2) is 54.2 Å². The molecule has 1 saturated heterocycles. The molecular formula is C26H30N3O4S2+. The highest BCUT2D eigenvalue weighted by atomic mass is 32.2. The Morgan fingerprint density at radius 1 is 1.20 bits per heavy atom. The fraction of sp³-hybridized carbons (Fsp3) is 0.346. The van der Waals surface area contributed by atoms with Gasteiger partial charge < -0.3 is 14.5 Å². The van der Waals surface area contributed by atoms with Gasteiger partial charge in [0.2, 0.25) is 0 Å². The van der Waals surface area contributed by atoms with Gasteiger partial charge in [-0.05, 0) is 54.3 Å². The molecule has 0 radical (unpaired) electrons. The number of hydrogen-bond acceptors (Lipinski definition) is 5. The number of ether oxygens (including phenoxy) is 1. The minimum atomic E-state index is -3.60. The lowest BCUT2D eigenvalue weighted by molar-refractivity contribution is -0.886. The van der Waals surface area contributed by atoms with Gasteiger partial charge in [-0.1, -0.05) is 23.8 Å². The summed E-state index contributed by atoms with van der Waals surface area (Å²) in [4.78, 5) is 16.8. The van der Waals surface area contributed by atoms with Crippen LogP contribution in [0.5, 0.6) is 5.75 Å². The maximum Gasteiger partial charge on any atom is 0.273 e. The second-order valence-corrected chi connectivity index (χ2v) is 12.5. The largest absolute Gasteiger partial charge is 0.484 e. The van der Waals surface area contributed by atoms with Crippen molar-refractivity contribution in [2.24, 2.45) is 0 Å². The summed E-state index contributed by atoms with van der Waals surface area (Å²) >= 11 is 1.19. The van der Waals surface area contributed by atoms with Crippen LogP contribution < -0.4 is 18.8 Å². The number of nitrogens with zero attached hydrogens (tertiary/aromatic N) is 2. The van der Waals surface area contributed by atoms with Gasteiger partial charge in [-0.3, -0.25) is 9.10 Å². The molecule has 3 atom stereocenters. The number of carbonyl (C=O) groups is 1. The van der Waals surface area contributed by atoms with E-state index in [0.29, 0.717) is 21.6 Å². The molecular weight excluding hydrogens is 482 g/mol. The number of aryl methyl sites for hydroxylation is 1. The Balaban J connectivity index is 1.28. The standard InChI is InChI=1S/C26H29N3O4S2/c1-18-6-11-23-21(15-18)22-16-27(2)13-12-24(22)29(23)25(30)17-33-20-9-7-19(8-10-20)28(3)35(31,32)26-5-4-14-34-26/h4-11,14-15,22,24H,12-13,16-17H2,1-3H3/p+1/t22-,24-/m1/s1. The molecule has 9 heteroatoms. The minimum Gasteiger partial charge on any atom is -0.484 e. The number of quaternary nitrogens is 1. The molecule has 3 heterocycles. The average molecular weight is 513 g/mol. The molecule has 0 spiro atoms. The predicted molar refractivity (Wildman–Crippen MR) is 138 cm³/mol. The summed E-state index contributed by atoms with van der Waals surface area (Å²) in [7, 11) is 0.146. The lowest BCUT2D eigenvalue weighted by Crippen LogP contribution is -3.11. The summed E-state index contributed by atoms with van der Waals surface area (Å²) in [6.45, 7) is 4.09. The zero-order valence-corrected chi connectivity index (χ0v) is 21.7. The Morgan fingerprint density at radius 3 is 2.69 bits per heavy atom. The number of piperidine rings is 1. The summed E-state index contributed by atoms with van der Waals surface area (Å²) in [5.74, 6) is 0.822. The van der Waals surface area contributed by atoms with Gasteiger partial charge in [0.05, 0.1) is 37.8 Å². The number of amides is 1. The van der Waals surface area contributed by atoms with Crippen molar-refractivity contribution in [2.75, 3.05) is 43.0 Å². The number of hydrogen-bond donors (Lipinski definition) is 1. The molecule has 1 amide bonds. The van der Waals surface area contributed by atoms with E-state index in [-0.39, 0.29) is 18.6 Å². The average Bonchev–Trinajstić information content (AvgIpc) is 3.50. The fourth-order valence-electron chi connectivity index (χ4n) is 5.17. The number of likely N-dealkylation sites (tertiary alicyclic amines) is 1. The molecule has 35 heavy (non-hydrogen) atoms. The van der Waals surface area contributed by atoms with Crippen LogP contribution in [0.4, 0.5) is 11.4 Å². The van der Waals surface area contributed by atoms with E-state index in [1.807, 2.05) is 4.90 Å². The molecule has 2 aliphatic rings. The number of benzene rings is 2. The van der Waals surface area contributed by atoms with Crippen LogP contribution in [-0.2, 0) is 14.8 Å². The Kier molecular flexibility index (Phi) is 6.33. The first-order valence-corrected chi connectivity index (χ1v) is 14.1. The number of rotatable bonds is 6. The van der Waals surface area contributed by atoms with E-state index >= 15 is 0 Å². The first-order chi connectivity index (χ1) is 16.8. The fourth-order valence-corrected chi connectivity index (χ4v) is 7.53. The topological polar surface area (TPSA) is 71.4 Å². The monoisotopic (exact) mass is 512 g/mol. The molecule has 2 aliphatic heterocycles. The third-order valence-electron chi connectivity index (χ3n) is 7.01. The van der Waals surface area contributed by atoms with Crippen LogP contribution >= 0.6 is 11.3 Å². The number of anilines is 2. The molecule has 5 rings (SSSR count). The van der Waals surface area contributed by atoms with Crippen LogP contribution in [0.25, 0.3) is 0 Å². The van der Waals surface area contributed by atoms with Gasteiger partial charge in [0.15, 0.2) is 6.61 Å². The molecule has 1 aromatic heterocycles. The molecule has 0 bridgehead atoms. The van der Waals surface area contributed by atoms with Crippen molar-refractivity contribution in [3.05, 3.63) is 71.1 Å². The second kappa shape index (κ2) is 9.29. The number of nitrogens with one attached hydrogen (secondary N) is 1. The predicted octanol–water partition coefficient (Wildman–Crippen LogP) is 2.68. The van der Waals surface area contributed by atoms with E-state index in [2.05, 4.69) is 32.2 Å². The van der Waals surface area contributed by atoms with Crippen molar-refractivity contribution in [3.8, 4) is 5.75 Å². The Bertz CT molecular complexity index is 1320. The zero-order chi connectivity index (χ0) is 24.7. The van der Waals surface area contributed by atoms with Gasteiger partial charge in [0, 0.05) is 19.2 Å². The van der Waals surface area contributed by atoms with Gasteiger partial charge in [-0.2, -0.15) is 0 Å². The van der Waals surface area contributed by atoms with Gasteiger partial charge in [-0.15, -0.1) is 11.3 Å². The third kappa shape index (κ3) is 4.44. The van der Waals surface area contributed by atoms with E-state index < -0.39 is 10.0 Å². The van der Waals surface area contributed by atoms with E-state index in [4.69, 9.17) is 4.74 Å². The molecule has 184 valence electrons. The van der Waals surface area contributed by atoms with Crippen LogP contribution in [0.2, 0.25) is 0 Å². The Labute approximate surface area is 210 Å². The molecule has 2 aromatic carbocycles. The van der Waals surface area contributed by atoms with Gasteiger partial charge in [0.1, 0.15) is 9.96 Å². The van der Waals surface area contributed by atoms with Crippen molar-refractivity contribution in [3.63, 3.8) is 0 Å². The van der Waals surface area contributed by atoms with Gasteiger partial charge in [-0.25, -0.2) is 8.42 Å². The third-order valence-corrected chi connectivity index (χ3v) is 10.2. The molecule has 0 aliphatic carbocycles. The molecule has 1 N–H and O–H groups in total. The first kappa shape index (κ1) is 23.8. The van der Waals surface area contributed by atoms with Crippen molar-refractivity contribution in [1.29, 1.82) is 0 Å². The minimum absolute atomic E-state index is 0.0522. The number of likely N-dealkylation sites (N-methyl/N-ethyl adjacent to an activating group) is 1. The van der Waals surface area contributed by atoms with Gasteiger partial charge >= 0.3 is 0 Å². The second-order valence-electron chi connectivity index (χ2n) is 9.39. The van der Waals surface area contributed by atoms with Crippen molar-refractivity contribution >= 4 is 38.6 Å². The summed E-state index contributed by atoms with van der Waals surface area (Å²) in [5.41, 5.74) is 4.01. The normalized spacial score (nSPS) is 21.3. The van der Waals surface area contributed by atoms with Crippen LogP contribution in [0.15, 0.2) is 64.2 Å². The highest BCUT2D eigenvalue weighted by Crippen LogP contribution is 2.43. The van der Waals surface area contributed by atoms with Crippen molar-refractivity contribution in [1.82, 2.24) is 0 Å². The molecule has 1 unspecified atom stereocenters. The van der Waals surface area contributed by atoms with E-state index in [0.717, 1.165) is 25.2 Å². The highest BCUT2D eigenvalue weighted by molar-refractivity contribution is 7.94. The SMILES string of the molecule is Cc1ccc2c(c1)[C@H]1C[NH+](C)CC[C@H]1N2C(=O)COc1ccc(N(C)S(=O)(=O)c2cccs2)cc1. The number of sulfonamides is 1. The summed E-state index contributed by atoms with van der Waals surface area (Å²) in [6.07, 6.45) is 0.968. The maximum absolute atomic E-state index is 13.3. The summed E-state index contributed by atoms with van der Waals surface area (Å²) in [6, 6.07) is 16.6. The molecule has 1 fully saturated rings. The van der Waals surface area contributed by atoms with E-state index in [1.165, 1.54) is 38.7 Å². The molecule has 0 saturated carbocycles. The quantitative estimate of drug-likeness (QED) is 0.551. The Morgan fingerprint density at radius 2 is 1.97 bits per heavy atom. The van der Waals surface area contributed by atoms with E-state index in [1.54, 1.807) is 41.8 Å². The summed E-state index contributed by atoms with van der Waals surface area (Å²) < 4.78 is 32.9. The molecule has 7 nitrogen and oxygen atoms in total. The van der Waals surface area contributed by atoms with Crippen molar-refractivity contribution < 1.29 is 22.8 Å². The van der Waals surface area contributed by atoms with Crippen molar-refractivity contribution in [2.45, 2.75) is 29.5 Å². The summed E-state index contributed by atoms with van der Waals surface area (Å²) in [5, 5.41) is 1.74. The number of carbonyl (C=O) groups excluding carboxylic acids is 1. The van der Waals surface area contributed by atoms with E-state index in [9.17, 15) is 13.2 Å². The number of fused-ring (bicyclic) bond motifs is 3. The van der Waals surface area contributed by atoms with Crippen LogP contribution in [0, 0.1) is 6.92 Å². The first-order valence-electron chi connectivity index (χ1n) is 11.7. The lowest BCUT2D eigenvalue weighted by atomic mass is 9.89. The van der Waals surface area contributed by atoms with Crippen LogP contribution in [0.1, 0.15) is 23.5 Å². The maximum atomic E-state index is 13.3. The number of thiophene rings is 1. The highest BCUT2D eigenvalue weighted by Gasteiger charge is 2.45. The Hall–Kier alpha value is -2.88. The molecule has 3 aromatic rings. The lowest BCUT2D eigenvalue weighted by Gasteiger charge is -2.34. The zero-order valence-electron chi connectivity index (χ0n) is 20.1. The van der Waals surface area contributed by atoms with Crippen LogP contribution in [0.3, 0.4) is 0 Å².